The lowest BCUT2D eigenvalue weighted by Gasteiger charge is -2.21. The molecule has 0 unspecified atom stereocenters. The fourth-order valence-electron chi connectivity index (χ4n) is 4.19. The van der Waals surface area contributed by atoms with Gasteiger partial charge >= 0.3 is 5.97 Å². The molecule has 0 aliphatic heterocycles. The van der Waals surface area contributed by atoms with Gasteiger partial charge in [-0.2, -0.15) is 0 Å². The predicted molar refractivity (Wildman–Crippen MR) is 131 cm³/mol. The topological polar surface area (TPSA) is 119 Å². The van der Waals surface area contributed by atoms with E-state index in [1.807, 2.05) is 12.1 Å². The van der Waals surface area contributed by atoms with Crippen molar-refractivity contribution < 1.29 is 19.1 Å². The van der Waals surface area contributed by atoms with E-state index in [0.717, 1.165) is 44.2 Å². The summed E-state index contributed by atoms with van der Waals surface area (Å²) < 4.78 is 6.48. The zero-order chi connectivity index (χ0) is 25.0. The van der Waals surface area contributed by atoms with Crippen molar-refractivity contribution in [3.63, 3.8) is 0 Å². The van der Waals surface area contributed by atoms with E-state index in [2.05, 4.69) is 15.6 Å². The number of carbonyl (C=O) groups excluding carboxylic acids is 3. The van der Waals surface area contributed by atoms with Crippen LogP contribution in [0.1, 0.15) is 84.7 Å². The first kappa shape index (κ1) is 26.1. The molecule has 2 aromatic heterocycles. The molecule has 1 saturated carbocycles. The summed E-state index contributed by atoms with van der Waals surface area (Å²) in [4.78, 5) is 55.0. The number of aromatic nitrogens is 2. The Morgan fingerprint density at radius 3 is 2.37 bits per heavy atom. The highest BCUT2D eigenvalue weighted by molar-refractivity contribution is 5.99. The van der Waals surface area contributed by atoms with Gasteiger partial charge in [0.1, 0.15) is 11.1 Å². The lowest BCUT2D eigenvalue weighted by Crippen LogP contribution is -2.40. The summed E-state index contributed by atoms with van der Waals surface area (Å²) in [5.41, 5.74) is -0.161. The van der Waals surface area contributed by atoms with Crippen molar-refractivity contribution in [1.29, 1.82) is 0 Å². The van der Waals surface area contributed by atoms with Crippen molar-refractivity contribution in [2.75, 3.05) is 13.2 Å². The molecule has 1 aliphatic carbocycles. The first-order chi connectivity index (χ1) is 17.0. The molecule has 188 valence electrons. The molecule has 1 aliphatic rings. The molecular weight excluding hydrogens is 448 g/mol. The smallest absolute Gasteiger partial charge is 0.307 e. The number of amides is 2. The van der Waals surface area contributed by atoms with Crippen molar-refractivity contribution in [3.8, 4) is 0 Å². The predicted octanol–water partition coefficient (Wildman–Crippen LogP) is 2.82. The first-order valence-electron chi connectivity index (χ1n) is 12.4. The van der Waals surface area contributed by atoms with Gasteiger partial charge in [0, 0.05) is 31.2 Å². The van der Waals surface area contributed by atoms with E-state index in [9.17, 15) is 19.2 Å². The summed E-state index contributed by atoms with van der Waals surface area (Å²) >= 11 is 0. The molecule has 9 heteroatoms. The number of hydrogen-bond acceptors (Lipinski definition) is 6. The molecule has 2 aromatic rings. The van der Waals surface area contributed by atoms with Crippen LogP contribution >= 0.6 is 0 Å². The molecule has 0 radical (unpaired) electrons. The van der Waals surface area contributed by atoms with Crippen LogP contribution in [0, 0.1) is 0 Å². The van der Waals surface area contributed by atoms with Crippen molar-refractivity contribution in [2.24, 2.45) is 0 Å². The highest BCUT2D eigenvalue weighted by atomic mass is 16.5. The molecule has 2 amide bonds. The second kappa shape index (κ2) is 13.4. The van der Waals surface area contributed by atoms with Crippen LogP contribution in [0.15, 0.2) is 41.6 Å². The zero-order valence-corrected chi connectivity index (χ0v) is 20.3. The molecular formula is C26H34N4O5. The highest BCUT2D eigenvalue weighted by Gasteiger charge is 2.22. The van der Waals surface area contributed by atoms with Crippen molar-refractivity contribution >= 4 is 17.8 Å². The van der Waals surface area contributed by atoms with E-state index in [1.54, 1.807) is 23.8 Å². The third kappa shape index (κ3) is 8.05. The number of esters is 1. The summed E-state index contributed by atoms with van der Waals surface area (Å²) in [6.45, 7) is 2.26. The lowest BCUT2D eigenvalue weighted by atomic mass is 9.96. The summed E-state index contributed by atoms with van der Waals surface area (Å²) in [6.07, 6.45) is 11.9. The van der Waals surface area contributed by atoms with Crippen molar-refractivity contribution in [3.05, 3.63) is 63.8 Å². The normalized spacial score (nSPS) is 14.4. The van der Waals surface area contributed by atoms with Crippen LogP contribution in [0.2, 0.25) is 0 Å². The third-order valence-corrected chi connectivity index (χ3v) is 6.00. The SMILES string of the molecule is CCOC(=O)CCNC(=O)c1cn(Cc2ccccn2)cc(C(=O)NC2CCCCCCC2)c1=O. The van der Waals surface area contributed by atoms with Crippen LogP contribution in [0.5, 0.6) is 0 Å². The Morgan fingerprint density at radius 1 is 1.03 bits per heavy atom. The van der Waals surface area contributed by atoms with Gasteiger partial charge in [0.15, 0.2) is 0 Å². The number of ether oxygens (including phenoxy) is 1. The third-order valence-electron chi connectivity index (χ3n) is 6.00. The molecule has 0 atom stereocenters. The Bertz CT molecular complexity index is 1060. The Labute approximate surface area is 205 Å². The Kier molecular flexibility index (Phi) is 10.0. The van der Waals surface area contributed by atoms with Gasteiger partial charge in [-0.05, 0) is 31.9 Å². The average Bonchev–Trinajstić information content (AvgIpc) is 2.82. The van der Waals surface area contributed by atoms with Crippen LogP contribution in [-0.2, 0) is 16.1 Å². The molecule has 2 N–H and O–H groups in total. The second-order valence-electron chi connectivity index (χ2n) is 8.73. The van der Waals surface area contributed by atoms with E-state index < -0.39 is 23.2 Å². The number of nitrogens with one attached hydrogen (secondary N) is 2. The Hall–Kier alpha value is -3.49. The maximum atomic E-state index is 13.2. The van der Waals surface area contributed by atoms with Gasteiger partial charge in [0.2, 0.25) is 5.43 Å². The molecule has 9 nitrogen and oxygen atoms in total. The van der Waals surface area contributed by atoms with E-state index in [4.69, 9.17) is 4.74 Å². The second-order valence-corrected chi connectivity index (χ2v) is 8.73. The van der Waals surface area contributed by atoms with Crippen molar-refractivity contribution in [2.45, 2.75) is 70.9 Å². The minimum Gasteiger partial charge on any atom is -0.466 e. The van der Waals surface area contributed by atoms with E-state index in [0.29, 0.717) is 0 Å². The van der Waals surface area contributed by atoms with Gasteiger partial charge in [0.05, 0.1) is 25.3 Å². The van der Waals surface area contributed by atoms with E-state index in [-0.39, 0.29) is 43.3 Å². The minimum absolute atomic E-state index is 0.00787. The zero-order valence-electron chi connectivity index (χ0n) is 20.3. The molecule has 2 heterocycles. The van der Waals surface area contributed by atoms with Gasteiger partial charge in [-0.1, -0.05) is 38.2 Å². The number of pyridine rings is 2. The standard InChI is InChI=1S/C26H34N4O5/c1-2-35-23(31)13-15-28-25(33)21-17-30(16-20-12-8-9-14-27-20)18-22(24(21)32)26(34)29-19-10-6-4-3-5-7-11-19/h8-9,12,14,17-19H,2-7,10-11,13,15-16H2,1H3,(H,28,33)(H,29,34). The maximum Gasteiger partial charge on any atom is 0.307 e. The van der Waals surface area contributed by atoms with Crippen LogP contribution < -0.4 is 16.1 Å². The largest absolute Gasteiger partial charge is 0.466 e. The summed E-state index contributed by atoms with van der Waals surface area (Å²) in [5, 5.41) is 5.59. The average molecular weight is 483 g/mol. The Balaban J connectivity index is 1.83. The van der Waals surface area contributed by atoms with Crippen LogP contribution in [0.25, 0.3) is 0 Å². The van der Waals surface area contributed by atoms with Crippen LogP contribution in [0.4, 0.5) is 0 Å². The molecule has 0 aromatic carbocycles. The first-order valence-corrected chi connectivity index (χ1v) is 12.4. The van der Waals surface area contributed by atoms with Crippen molar-refractivity contribution in [1.82, 2.24) is 20.2 Å². The summed E-state index contributed by atoms with van der Waals surface area (Å²) in [6, 6.07) is 5.47. The van der Waals surface area contributed by atoms with Gasteiger partial charge < -0.3 is 19.9 Å². The summed E-state index contributed by atoms with van der Waals surface area (Å²) in [7, 11) is 0. The van der Waals surface area contributed by atoms with Crippen LogP contribution in [0.3, 0.4) is 0 Å². The number of rotatable bonds is 9. The molecule has 3 rings (SSSR count). The molecule has 0 bridgehead atoms. The van der Waals surface area contributed by atoms with E-state index >= 15 is 0 Å². The Morgan fingerprint density at radius 2 is 1.71 bits per heavy atom. The molecule has 1 fully saturated rings. The number of nitrogens with zero attached hydrogens (tertiary/aromatic N) is 2. The van der Waals surface area contributed by atoms with Gasteiger partial charge in [0.25, 0.3) is 11.8 Å². The minimum atomic E-state index is -0.644. The quantitative estimate of drug-likeness (QED) is 0.531. The number of hydrogen-bond donors (Lipinski definition) is 2. The van der Waals surface area contributed by atoms with Gasteiger partial charge in [-0.15, -0.1) is 0 Å². The fraction of sp³-hybridized carbons (Fsp3) is 0.500. The summed E-state index contributed by atoms with van der Waals surface area (Å²) in [5.74, 6) is -1.56. The maximum absolute atomic E-state index is 13.2. The van der Waals surface area contributed by atoms with E-state index in [1.165, 1.54) is 18.8 Å². The fourth-order valence-corrected chi connectivity index (χ4v) is 4.19. The molecule has 0 spiro atoms. The lowest BCUT2D eigenvalue weighted by molar-refractivity contribution is -0.142. The highest BCUT2D eigenvalue weighted by Crippen LogP contribution is 2.17. The molecule has 35 heavy (non-hydrogen) atoms. The monoisotopic (exact) mass is 482 g/mol. The van der Waals surface area contributed by atoms with Crippen LogP contribution in [-0.4, -0.2) is 46.5 Å². The van der Waals surface area contributed by atoms with Gasteiger partial charge in [-0.25, -0.2) is 0 Å². The molecule has 0 saturated heterocycles. The number of carbonyl (C=O) groups is 3. The van der Waals surface area contributed by atoms with Gasteiger partial charge in [-0.3, -0.25) is 24.2 Å².